The van der Waals surface area contributed by atoms with E-state index in [1.54, 1.807) is 21.3 Å². The number of Topliss-reactive ketones (excluding diaryl/α,β-unsaturated/α-hetero) is 2. The first kappa shape index (κ1) is 49.6. The van der Waals surface area contributed by atoms with Gasteiger partial charge in [0.05, 0.1) is 132 Å². The van der Waals surface area contributed by atoms with E-state index in [9.17, 15) is 14.4 Å². The van der Waals surface area contributed by atoms with Gasteiger partial charge in [-0.15, -0.1) is 0 Å². The number of ether oxygens (including phenoxy) is 12. The second kappa shape index (κ2) is 41.3. The third kappa shape index (κ3) is 39.6. The second-order valence-corrected chi connectivity index (χ2v) is 10.9. The van der Waals surface area contributed by atoms with E-state index in [2.05, 4.69) is 0 Å². The first-order valence-electron chi connectivity index (χ1n) is 17.8. The molecule has 0 atom stereocenters. The van der Waals surface area contributed by atoms with Crippen LogP contribution in [0.15, 0.2) is 0 Å². The molecule has 299 valence electrons. The maximum absolute atomic E-state index is 12.4. The van der Waals surface area contributed by atoms with E-state index >= 15 is 0 Å². The predicted octanol–water partition coefficient (Wildman–Crippen LogP) is 1.43. The van der Waals surface area contributed by atoms with Gasteiger partial charge in [-0.1, -0.05) is 0 Å². The summed E-state index contributed by atoms with van der Waals surface area (Å²) in [5.41, 5.74) is -0.292. The van der Waals surface area contributed by atoms with Crippen molar-refractivity contribution in [3.63, 3.8) is 0 Å². The Hall–Kier alpha value is -1.45. The van der Waals surface area contributed by atoms with Crippen molar-refractivity contribution in [2.45, 2.75) is 51.2 Å². The molecule has 0 aromatic rings. The van der Waals surface area contributed by atoms with E-state index in [1.807, 2.05) is 0 Å². The van der Waals surface area contributed by atoms with Gasteiger partial charge in [-0.05, 0) is 12.8 Å². The average Bonchev–Trinajstić information content (AvgIpc) is 3.13. The van der Waals surface area contributed by atoms with Gasteiger partial charge in [0.1, 0.15) is 17.2 Å². The fourth-order valence-corrected chi connectivity index (χ4v) is 3.88. The molecule has 0 saturated carbocycles. The van der Waals surface area contributed by atoms with Crippen LogP contribution in [-0.2, 0) is 75.9 Å². The molecule has 17 heteroatoms. The van der Waals surface area contributed by atoms with Crippen molar-refractivity contribution < 1.29 is 75.9 Å². The average molecular weight is 740 g/mol. The number of carbonyl (C=O) groups is 3. The van der Waals surface area contributed by atoms with Gasteiger partial charge in [-0.3, -0.25) is 9.59 Å². The van der Waals surface area contributed by atoms with Crippen molar-refractivity contribution in [1.82, 2.24) is 0 Å². The zero-order chi connectivity index (χ0) is 37.3. The van der Waals surface area contributed by atoms with Gasteiger partial charge in [0, 0.05) is 53.4 Å². The molecule has 16 nitrogen and oxygen atoms in total. The Labute approximate surface area is 305 Å². The number of hydrogen-bond acceptors (Lipinski definition) is 16. The Balaban J connectivity index is 4.03. The Kier molecular flexibility index (Phi) is 40.1. The maximum atomic E-state index is 12.4. The van der Waals surface area contributed by atoms with E-state index in [4.69, 9.17) is 61.5 Å². The quantitative estimate of drug-likeness (QED) is 0.0499. The number of rotatable bonds is 44. The van der Waals surface area contributed by atoms with Crippen molar-refractivity contribution in [3.8, 4) is 0 Å². The molecule has 0 bridgehead atoms. The molecule has 0 unspecified atom stereocenters. The lowest BCUT2D eigenvalue weighted by Gasteiger charge is -2.19. The molecular formula is C34H64BO16. The van der Waals surface area contributed by atoms with Crippen molar-refractivity contribution in [3.05, 3.63) is 0 Å². The lowest BCUT2D eigenvalue weighted by Crippen LogP contribution is -2.23. The van der Waals surface area contributed by atoms with Gasteiger partial charge >= 0.3 is 7.48 Å². The van der Waals surface area contributed by atoms with E-state index in [0.717, 1.165) is 7.48 Å². The molecule has 0 aromatic carbocycles. The van der Waals surface area contributed by atoms with Gasteiger partial charge in [0.15, 0.2) is 6.29 Å². The maximum Gasteiger partial charge on any atom is 0.376 e. The van der Waals surface area contributed by atoms with Crippen molar-refractivity contribution in [2.75, 3.05) is 153 Å². The Morgan fingerprint density at radius 3 is 1.16 bits per heavy atom. The third-order valence-electron chi connectivity index (χ3n) is 6.63. The smallest absolute Gasteiger partial charge is 0.376 e. The predicted molar refractivity (Wildman–Crippen MR) is 186 cm³/mol. The Morgan fingerprint density at radius 2 is 0.745 bits per heavy atom. The molecule has 0 N–H and O–H groups in total. The summed E-state index contributed by atoms with van der Waals surface area (Å²) in [6.07, 6.45) is 1.09. The van der Waals surface area contributed by atoms with Crippen LogP contribution in [0.2, 0.25) is 0 Å². The highest BCUT2D eigenvalue weighted by molar-refractivity contribution is 6.69. The van der Waals surface area contributed by atoms with E-state index < -0.39 is 6.29 Å². The summed E-state index contributed by atoms with van der Waals surface area (Å²) in [6, 6.07) is 0. The summed E-state index contributed by atoms with van der Waals surface area (Å²) < 4.78 is 69.4. The molecule has 0 aliphatic heterocycles. The first-order chi connectivity index (χ1) is 25.0. The van der Waals surface area contributed by atoms with Crippen LogP contribution in [0.4, 0.5) is 0 Å². The summed E-state index contributed by atoms with van der Waals surface area (Å²) >= 11 is 0. The van der Waals surface area contributed by atoms with Gasteiger partial charge in [-0.25, -0.2) is 0 Å². The second-order valence-electron chi connectivity index (χ2n) is 10.9. The van der Waals surface area contributed by atoms with Crippen LogP contribution in [0.25, 0.3) is 0 Å². The molecule has 0 aliphatic rings. The minimum absolute atomic E-state index is 0.0274. The summed E-state index contributed by atoms with van der Waals surface area (Å²) in [4.78, 5) is 36.7. The van der Waals surface area contributed by atoms with Gasteiger partial charge < -0.3 is 66.3 Å². The fourth-order valence-electron chi connectivity index (χ4n) is 3.88. The molecule has 0 aromatic heterocycles. The highest BCUT2D eigenvalue weighted by Gasteiger charge is 2.14. The van der Waals surface area contributed by atoms with Crippen LogP contribution in [0.1, 0.15) is 44.9 Å². The lowest BCUT2D eigenvalue weighted by molar-refractivity contribution is -0.163. The van der Waals surface area contributed by atoms with Crippen molar-refractivity contribution in [2.24, 2.45) is 0 Å². The van der Waals surface area contributed by atoms with Gasteiger partial charge in [0.2, 0.25) is 0 Å². The topological polar surface area (TPSA) is 171 Å². The van der Waals surface area contributed by atoms with Crippen LogP contribution in [0.5, 0.6) is 0 Å². The zero-order valence-corrected chi connectivity index (χ0v) is 31.3. The van der Waals surface area contributed by atoms with E-state index in [-0.39, 0.29) is 49.5 Å². The van der Waals surface area contributed by atoms with Crippen molar-refractivity contribution >= 4 is 24.7 Å². The SMILES string of the molecule is COCCOCCOCCOCCO[B]C(=O)CCC(=O)CCC(=O)CCCC(OCCOCCOCCOC)OCCOCCOCCOC. The summed E-state index contributed by atoms with van der Waals surface area (Å²) in [7, 11) is 5.95. The largest absolute Gasteiger partial charge is 0.429 e. The number of ketones is 2. The molecule has 51 heavy (non-hydrogen) atoms. The van der Waals surface area contributed by atoms with Crippen molar-refractivity contribution in [1.29, 1.82) is 0 Å². The Morgan fingerprint density at radius 1 is 0.412 bits per heavy atom. The van der Waals surface area contributed by atoms with Crippen LogP contribution in [-0.4, -0.2) is 184 Å². The molecule has 1 radical (unpaired) electrons. The van der Waals surface area contributed by atoms with Gasteiger partial charge in [-0.2, -0.15) is 0 Å². The minimum atomic E-state index is -0.533. The van der Waals surface area contributed by atoms with E-state index in [0.29, 0.717) is 145 Å². The van der Waals surface area contributed by atoms with Gasteiger partial charge in [0.25, 0.3) is 0 Å². The van der Waals surface area contributed by atoms with E-state index in [1.165, 1.54) is 0 Å². The third-order valence-corrected chi connectivity index (χ3v) is 6.63. The molecule has 0 heterocycles. The molecule has 0 fully saturated rings. The zero-order valence-electron chi connectivity index (χ0n) is 31.3. The summed E-state index contributed by atoms with van der Waals surface area (Å²) in [6.45, 7) is 8.65. The number of carbonyl (C=O) groups excluding carboxylic acids is 3. The summed E-state index contributed by atoms with van der Waals surface area (Å²) in [5, 5.41) is 0. The standard InChI is InChI=1S/C34H64BO16/c1-39-11-14-42-17-20-45-21-24-48-27-30-51-35-33(38)10-9-32(37)8-7-31(36)5-4-6-34(49-28-25-46-22-18-43-15-12-40-2)50-29-26-47-23-19-44-16-13-41-3/h34H,4-30H2,1-3H3. The van der Waals surface area contributed by atoms with Crippen LogP contribution in [0, 0.1) is 0 Å². The number of hydrogen-bond donors (Lipinski definition) is 0. The molecule has 0 saturated heterocycles. The Bertz CT molecular complexity index is 757. The normalized spacial score (nSPS) is 11.5. The monoisotopic (exact) mass is 739 g/mol. The van der Waals surface area contributed by atoms with Crippen LogP contribution >= 0.6 is 0 Å². The first-order valence-corrected chi connectivity index (χ1v) is 17.8. The lowest BCUT2D eigenvalue weighted by atomic mass is 9.88. The molecule has 0 aliphatic carbocycles. The fraction of sp³-hybridized carbons (Fsp3) is 0.912. The molecule has 0 spiro atoms. The minimum Gasteiger partial charge on any atom is -0.429 e. The van der Waals surface area contributed by atoms with Crippen LogP contribution in [0.3, 0.4) is 0 Å². The molecule has 0 rings (SSSR count). The highest BCUT2D eigenvalue weighted by Crippen LogP contribution is 2.10. The number of methoxy groups -OCH3 is 3. The summed E-state index contributed by atoms with van der Waals surface area (Å²) in [5.74, 6) is -0.173. The van der Waals surface area contributed by atoms with Crippen LogP contribution < -0.4 is 0 Å². The molecular weight excluding hydrogens is 675 g/mol. The molecule has 0 amide bonds. The highest BCUT2D eigenvalue weighted by atomic mass is 16.7.